The van der Waals surface area contributed by atoms with Crippen LogP contribution in [-0.2, 0) is 21.9 Å². The minimum absolute atomic E-state index is 0.00872. The van der Waals surface area contributed by atoms with Gasteiger partial charge in [-0.2, -0.15) is 0 Å². The van der Waals surface area contributed by atoms with Gasteiger partial charge in [-0.3, -0.25) is 9.56 Å². The molecule has 0 radical (unpaired) electrons. The van der Waals surface area contributed by atoms with Crippen molar-refractivity contribution in [3.8, 4) is 17.3 Å². The summed E-state index contributed by atoms with van der Waals surface area (Å²) in [6.45, 7) is 26.1. The van der Waals surface area contributed by atoms with E-state index in [0.29, 0.717) is 0 Å². The summed E-state index contributed by atoms with van der Waals surface area (Å²) in [5.74, 6) is 2.60. The van der Waals surface area contributed by atoms with Gasteiger partial charge in [0.25, 0.3) is 0 Å². The van der Waals surface area contributed by atoms with E-state index >= 15 is 0 Å². The van der Waals surface area contributed by atoms with E-state index in [1.165, 1.54) is 16.5 Å². The molecule has 2 aromatic heterocycles. The summed E-state index contributed by atoms with van der Waals surface area (Å²) in [4.78, 5) is 10.2. The van der Waals surface area contributed by atoms with Gasteiger partial charge in [0.15, 0.2) is 0 Å². The zero-order valence-electron chi connectivity index (χ0n) is 35.3. The average Bonchev–Trinajstić information content (AvgIpc) is 3.63. The molecule has 1 aliphatic carbocycles. The summed E-state index contributed by atoms with van der Waals surface area (Å²) in [5.41, 5.74) is 9.75. The molecule has 6 aromatic rings. The van der Waals surface area contributed by atoms with Gasteiger partial charge >= 0.3 is 0 Å². The van der Waals surface area contributed by atoms with Crippen molar-refractivity contribution < 1.29 is 7.48 Å². The lowest BCUT2D eigenvalue weighted by atomic mass is 9.86. The summed E-state index contributed by atoms with van der Waals surface area (Å²) in [6, 6.07) is 28.2. The Morgan fingerprint density at radius 3 is 2.25 bits per heavy atom. The van der Waals surface area contributed by atoms with Crippen LogP contribution in [0, 0.1) is 13.8 Å². The van der Waals surface area contributed by atoms with Crippen molar-refractivity contribution in [3.05, 3.63) is 130 Å². The van der Waals surface area contributed by atoms with E-state index in [0.717, 1.165) is 72.2 Å². The van der Waals surface area contributed by atoms with Gasteiger partial charge in [-0.25, -0.2) is 4.98 Å². The number of aliphatic imine (C=N–C) groups is 1. The highest BCUT2D eigenvalue weighted by Gasteiger charge is 2.57. The van der Waals surface area contributed by atoms with Crippen molar-refractivity contribution in [2.75, 3.05) is 0 Å². The first-order chi connectivity index (χ1) is 25.6. The molecule has 0 saturated heterocycles. The first kappa shape index (κ1) is 33.2. The van der Waals surface area contributed by atoms with Gasteiger partial charge in [-0.15, -0.1) is 0 Å². The zero-order chi connectivity index (χ0) is 39.6. The summed E-state index contributed by atoms with van der Waals surface area (Å²) < 4.78 is 27.5. The van der Waals surface area contributed by atoms with Crippen LogP contribution in [0.5, 0.6) is 11.5 Å². The Hall–Kier alpha value is -4.35. The maximum atomic E-state index is 9.49. The molecule has 5 heteroatoms. The average molecular weight is 722 g/mol. The highest BCUT2D eigenvalue weighted by atomic mass is 32.2. The van der Waals surface area contributed by atoms with Crippen molar-refractivity contribution in [2.24, 2.45) is 4.99 Å². The van der Waals surface area contributed by atoms with Gasteiger partial charge in [0.2, 0.25) is 0 Å². The number of rotatable bonds is 5. The minimum atomic E-state index is -1.63. The monoisotopic (exact) mass is 721 g/mol. The van der Waals surface area contributed by atoms with Crippen LogP contribution in [-0.4, -0.2) is 20.1 Å². The molecule has 4 aromatic carbocycles. The highest BCUT2D eigenvalue weighted by Crippen LogP contribution is 2.60. The number of pyridine rings is 1. The number of aryl methyl sites for hydroxylation is 1. The lowest BCUT2D eigenvalue weighted by Crippen LogP contribution is -2.36. The number of nitrogens with zero attached hydrogens (tertiary/aromatic N) is 3. The number of hydrogen-bond acceptors (Lipinski definition) is 4. The first-order valence-corrected chi connectivity index (χ1v) is 19.7. The Labute approximate surface area is 322 Å². The number of fused-ring (bicyclic) bond motifs is 6. The van der Waals surface area contributed by atoms with E-state index < -0.39 is 16.7 Å². The molecule has 53 heavy (non-hydrogen) atoms. The first-order valence-electron chi connectivity index (χ1n) is 19.9. The van der Waals surface area contributed by atoms with Gasteiger partial charge in [-0.05, 0) is 144 Å². The maximum Gasteiger partial charge on any atom is 0.137 e. The molecule has 0 bridgehead atoms. The molecule has 0 fully saturated rings. The molecule has 0 N–H and O–H groups in total. The molecule has 4 nitrogen and oxygen atoms in total. The molecule has 0 amide bonds. The molecule has 8 rings (SSSR count). The second kappa shape index (κ2) is 12.1. The lowest BCUT2D eigenvalue weighted by Gasteiger charge is -2.31. The van der Waals surface area contributed by atoms with E-state index in [1.54, 1.807) is 11.8 Å². The van der Waals surface area contributed by atoms with Crippen LogP contribution < -0.4 is 4.74 Å². The van der Waals surface area contributed by atoms with E-state index in [-0.39, 0.29) is 16.7 Å². The summed E-state index contributed by atoms with van der Waals surface area (Å²) in [5, 5.41) is 3.19. The zero-order valence-corrected chi connectivity index (χ0v) is 34.1. The normalized spacial score (nSPS) is 21.5. The Balaban J connectivity index is 1.24. The van der Waals surface area contributed by atoms with E-state index in [2.05, 4.69) is 153 Å². The number of benzene rings is 4. The Morgan fingerprint density at radius 1 is 0.792 bits per heavy atom. The fourth-order valence-electron chi connectivity index (χ4n) is 7.89. The van der Waals surface area contributed by atoms with Crippen molar-refractivity contribution in [3.63, 3.8) is 0 Å². The van der Waals surface area contributed by atoms with Crippen LogP contribution in [0.15, 0.2) is 90.1 Å². The van der Waals surface area contributed by atoms with Gasteiger partial charge in [-0.1, -0.05) is 85.4 Å². The molecular formula is C48H53N3OS. The van der Waals surface area contributed by atoms with Gasteiger partial charge in [0.05, 0.1) is 26.4 Å². The van der Waals surface area contributed by atoms with Gasteiger partial charge in [0, 0.05) is 31.3 Å². The Bertz CT molecular complexity index is 2590. The van der Waals surface area contributed by atoms with E-state index in [1.807, 2.05) is 20.0 Å². The SMILES string of the molecule is [2H]C1([2H])c2c(ccc(C)c2C)[C@]2(C)SC(c3cc(Oc4ccc5c6cc(C(C)(C)C)ccc6n(-c6cc(C(C)(C)C)ccn6)c5c4)cc(C(C)C)c3)=N[C@]12C. The molecule has 2 atom stereocenters. The number of aromatic nitrogens is 2. The van der Waals surface area contributed by atoms with Crippen LogP contribution in [0.2, 0.25) is 0 Å². The van der Waals surface area contributed by atoms with Crippen molar-refractivity contribution in [1.29, 1.82) is 0 Å². The fourth-order valence-corrected chi connectivity index (χ4v) is 9.32. The van der Waals surface area contributed by atoms with E-state index in [4.69, 9.17) is 14.7 Å². The lowest BCUT2D eigenvalue weighted by molar-refractivity contribution is 0.407. The fraction of sp³-hybridized carbons (Fsp3) is 0.375. The van der Waals surface area contributed by atoms with Crippen LogP contribution in [0.4, 0.5) is 0 Å². The van der Waals surface area contributed by atoms with Gasteiger partial charge in [0.1, 0.15) is 17.3 Å². The quantitative estimate of drug-likeness (QED) is 0.178. The Kier molecular flexibility index (Phi) is 7.58. The number of ether oxygens (including phenoxy) is 1. The van der Waals surface area contributed by atoms with E-state index in [9.17, 15) is 2.74 Å². The van der Waals surface area contributed by atoms with Crippen molar-refractivity contribution in [2.45, 2.75) is 116 Å². The third-order valence-electron chi connectivity index (χ3n) is 11.7. The van der Waals surface area contributed by atoms with Crippen LogP contribution >= 0.6 is 11.8 Å². The molecule has 272 valence electrons. The predicted octanol–water partition coefficient (Wildman–Crippen LogP) is 13.0. The number of thioether (sulfide) groups is 1. The maximum absolute atomic E-state index is 9.49. The van der Waals surface area contributed by atoms with Crippen molar-refractivity contribution >= 4 is 38.6 Å². The van der Waals surface area contributed by atoms with Gasteiger partial charge < -0.3 is 4.74 Å². The molecule has 2 aliphatic rings. The van der Waals surface area contributed by atoms with Crippen LogP contribution in [0.1, 0.15) is 122 Å². The number of hydrogen-bond donors (Lipinski definition) is 0. The third-order valence-corrected chi connectivity index (χ3v) is 13.2. The van der Waals surface area contributed by atoms with Crippen LogP contribution in [0.3, 0.4) is 0 Å². The van der Waals surface area contributed by atoms with Crippen LogP contribution in [0.25, 0.3) is 27.6 Å². The molecule has 0 unspecified atom stereocenters. The third kappa shape index (κ3) is 5.82. The van der Waals surface area contributed by atoms with Crippen molar-refractivity contribution in [1.82, 2.24) is 9.55 Å². The highest BCUT2D eigenvalue weighted by molar-refractivity contribution is 8.15. The standard InChI is InChI=1S/C48H53N3OS/c1-28(2)31-21-32(44-50-47(11)27-39-30(4)29(3)13-17-40(39)48(47,12)53-44)23-36(22-31)52-35-15-16-37-38-24-33(45(5,6)7)14-18-41(38)51(42(37)26-35)43-25-34(19-20-49-43)46(8,9)10/h13-26,28H,27H2,1-12H3/t47-,48+/m1/s1/i27D2. The minimum Gasteiger partial charge on any atom is -0.457 e. The summed E-state index contributed by atoms with van der Waals surface area (Å²) >= 11 is 1.68. The molecular weight excluding hydrogens is 667 g/mol. The molecule has 0 saturated carbocycles. The predicted molar refractivity (Wildman–Crippen MR) is 226 cm³/mol. The largest absolute Gasteiger partial charge is 0.457 e. The Morgan fingerprint density at radius 2 is 1.53 bits per heavy atom. The second-order valence-electron chi connectivity index (χ2n) is 17.9. The molecule has 1 aliphatic heterocycles. The summed E-state index contributed by atoms with van der Waals surface area (Å²) in [6.07, 6.45) is 0.293. The topological polar surface area (TPSA) is 39.4 Å². The molecule has 3 heterocycles. The second-order valence-corrected chi connectivity index (χ2v) is 19.3. The molecule has 0 spiro atoms. The summed E-state index contributed by atoms with van der Waals surface area (Å²) in [7, 11) is 0. The smallest absolute Gasteiger partial charge is 0.137 e.